The van der Waals surface area contributed by atoms with E-state index in [2.05, 4.69) is 26.0 Å². The summed E-state index contributed by atoms with van der Waals surface area (Å²) in [5, 5.41) is 20.6. The summed E-state index contributed by atoms with van der Waals surface area (Å²) < 4.78 is 0. The molecule has 4 N–H and O–H groups in total. The molecule has 1 aromatic rings. The van der Waals surface area contributed by atoms with Crippen LogP contribution >= 0.6 is 0 Å². The SMILES string of the molecule is [N-]=[N+]=NC[C@H](CC(=O)O)NC(=O)C1CCC(CNC(=O)Nc2ccccc2)CC1. The number of urea groups is 1. The van der Waals surface area contributed by atoms with Gasteiger partial charge in [-0.1, -0.05) is 23.3 Å². The van der Waals surface area contributed by atoms with Gasteiger partial charge in [-0.3, -0.25) is 9.59 Å². The predicted molar refractivity (Wildman–Crippen MR) is 107 cm³/mol. The number of carboxylic acids is 1. The number of rotatable bonds is 9. The van der Waals surface area contributed by atoms with Crippen LogP contribution in [0.4, 0.5) is 10.5 Å². The van der Waals surface area contributed by atoms with E-state index in [4.69, 9.17) is 10.6 Å². The predicted octanol–water partition coefficient (Wildman–Crippen LogP) is 2.88. The fraction of sp³-hybridized carbons (Fsp3) is 0.526. The van der Waals surface area contributed by atoms with E-state index in [0.717, 1.165) is 18.5 Å². The Bertz CT molecular complexity index is 738. The number of nitrogens with one attached hydrogen (secondary N) is 3. The third-order valence-corrected chi connectivity index (χ3v) is 4.93. The summed E-state index contributed by atoms with van der Waals surface area (Å²) in [6, 6.07) is 8.21. The van der Waals surface area contributed by atoms with Gasteiger partial charge in [0.1, 0.15) is 0 Å². The van der Waals surface area contributed by atoms with E-state index < -0.39 is 12.0 Å². The number of hydrogen-bond donors (Lipinski definition) is 4. The molecule has 0 bridgehead atoms. The smallest absolute Gasteiger partial charge is 0.319 e. The first-order chi connectivity index (χ1) is 14.0. The van der Waals surface area contributed by atoms with Crippen LogP contribution in [0.3, 0.4) is 0 Å². The summed E-state index contributed by atoms with van der Waals surface area (Å²) >= 11 is 0. The first-order valence-corrected chi connectivity index (χ1v) is 9.61. The zero-order valence-corrected chi connectivity index (χ0v) is 16.1. The number of carboxylic acid groups (broad SMARTS) is 1. The first-order valence-electron chi connectivity index (χ1n) is 9.61. The Balaban J connectivity index is 1.71. The Labute approximate surface area is 168 Å². The molecule has 10 nitrogen and oxygen atoms in total. The van der Waals surface area contributed by atoms with Gasteiger partial charge in [0.25, 0.3) is 0 Å². The second-order valence-electron chi connectivity index (χ2n) is 7.14. The molecule has 29 heavy (non-hydrogen) atoms. The van der Waals surface area contributed by atoms with Crippen LogP contribution in [0.5, 0.6) is 0 Å². The Kier molecular flexibility index (Phi) is 8.78. The second-order valence-corrected chi connectivity index (χ2v) is 7.14. The number of aliphatic carboxylic acids is 1. The maximum absolute atomic E-state index is 12.4. The molecule has 2 rings (SSSR count). The number of amides is 3. The van der Waals surface area contributed by atoms with E-state index in [1.807, 2.05) is 30.3 Å². The molecule has 0 saturated heterocycles. The fourth-order valence-electron chi connectivity index (χ4n) is 3.39. The summed E-state index contributed by atoms with van der Waals surface area (Å²) in [5.41, 5.74) is 9.12. The van der Waals surface area contributed by atoms with Gasteiger partial charge in [0.15, 0.2) is 0 Å². The van der Waals surface area contributed by atoms with Gasteiger partial charge in [-0.25, -0.2) is 4.79 Å². The van der Waals surface area contributed by atoms with Gasteiger partial charge in [-0.05, 0) is 49.3 Å². The molecular formula is C19H26N6O4. The summed E-state index contributed by atoms with van der Waals surface area (Å²) in [7, 11) is 0. The molecule has 1 aliphatic rings. The average Bonchev–Trinajstić information content (AvgIpc) is 2.71. The topological polar surface area (TPSA) is 156 Å². The van der Waals surface area contributed by atoms with Crippen molar-refractivity contribution in [3.05, 3.63) is 40.8 Å². The van der Waals surface area contributed by atoms with Crippen molar-refractivity contribution in [1.82, 2.24) is 10.6 Å². The third kappa shape index (κ3) is 8.10. The van der Waals surface area contributed by atoms with Gasteiger partial charge in [0.2, 0.25) is 5.91 Å². The normalized spacial score (nSPS) is 19.3. The average molecular weight is 402 g/mol. The molecule has 0 spiro atoms. The molecule has 1 atom stereocenters. The molecule has 0 unspecified atom stereocenters. The van der Waals surface area contributed by atoms with Crippen LogP contribution < -0.4 is 16.0 Å². The number of para-hydroxylation sites is 1. The van der Waals surface area contributed by atoms with Crippen LogP contribution in [-0.4, -0.2) is 42.1 Å². The second kappa shape index (κ2) is 11.6. The summed E-state index contributed by atoms with van der Waals surface area (Å²) in [6.45, 7) is 0.440. The van der Waals surface area contributed by atoms with E-state index in [1.54, 1.807) is 0 Å². The Morgan fingerprint density at radius 1 is 1.17 bits per heavy atom. The van der Waals surface area contributed by atoms with Crippen molar-refractivity contribution in [2.24, 2.45) is 17.0 Å². The van der Waals surface area contributed by atoms with Crippen LogP contribution in [0.25, 0.3) is 10.4 Å². The molecule has 1 aliphatic carbocycles. The van der Waals surface area contributed by atoms with Gasteiger partial charge in [0.05, 0.1) is 6.42 Å². The minimum Gasteiger partial charge on any atom is -0.481 e. The van der Waals surface area contributed by atoms with Gasteiger partial charge < -0.3 is 21.1 Å². The van der Waals surface area contributed by atoms with Crippen molar-refractivity contribution >= 4 is 23.6 Å². The lowest BCUT2D eigenvalue weighted by Crippen LogP contribution is -2.43. The van der Waals surface area contributed by atoms with Crippen molar-refractivity contribution in [2.45, 2.75) is 38.1 Å². The Morgan fingerprint density at radius 3 is 2.48 bits per heavy atom. The maximum Gasteiger partial charge on any atom is 0.319 e. The number of hydrogen-bond acceptors (Lipinski definition) is 4. The minimum absolute atomic E-state index is 0.0929. The third-order valence-electron chi connectivity index (χ3n) is 4.93. The van der Waals surface area contributed by atoms with Gasteiger partial charge >= 0.3 is 12.0 Å². The first kappa shape index (κ1) is 22.0. The largest absolute Gasteiger partial charge is 0.481 e. The summed E-state index contributed by atoms with van der Waals surface area (Å²) in [6.07, 6.45) is 2.63. The number of benzene rings is 1. The molecule has 1 fully saturated rings. The number of carbonyl (C=O) groups is 3. The van der Waals surface area contributed by atoms with Crippen molar-refractivity contribution in [1.29, 1.82) is 0 Å². The highest BCUT2D eigenvalue weighted by atomic mass is 16.4. The highest BCUT2D eigenvalue weighted by Gasteiger charge is 2.28. The van der Waals surface area contributed by atoms with Gasteiger partial charge in [-0.2, -0.15) is 0 Å². The Hall–Kier alpha value is -3.26. The highest BCUT2D eigenvalue weighted by Crippen LogP contribution is 2.28. The lowest BCUT2D eigenvalue weighted by Gasteiger charge is -2.29. The molecule has 1 aromatic carbocycles. The summed E-state index contributed by atoms with van der Waals surface area (Å²) in [5.74, 6) is -1.19. The number of azide groups is 1. The zero-order valence-electron chi connectivity index (χ0n) is 16.1. The van der Waals surface area contributed by atoms with E-state index >= 15 is 0 Å². The van der Waals surface area contributed by atoms with E-state index in [0.29, 0.717) is 25.3 Å². The van der Waals surface area contributed by atoms with E-state index in [9.17, 15) is 14.4 Å². The van der Waals surface area contributed by atoms with Crippen LogP contribution in [0.2, 0.25) is 0 Å². The zero-order chi connectivity index (χ0) is 21.1. The standard InChI is InChI=1S/C19H26N6O4/c20-25-22-12-16(10-17(26)27)23-18(28)14-8-6-13(7-9-14)11-21-19(29)24-15-4-2-1-3-5-15/h1-5,13-14,16H,6-12H2,(H,23,28)(H,26,27)(H2,21,24,29)/t13?,14?,16-/m0/s1. The molecule has 1 saturated carbocycles. The van der Waals surface area contributed by atoms with Crippen LogP contribution in [-0.2, 0) is 9.59 Å². The van der Waals surface area contributed by atoms with Crippen LogP contribution in [0.15, 0.2) is 35.4 Å². The molecule has 3 amide bonds. The highest BCUT2D eigenvalue weighted by molar-refractivity contribution is 5.89. The van der Waals surface area contributed by atoms with Crippen LogP contribution in [0, 0.1) is 11.8 Å². The lowest BCUT2D eigenvalue weighted by atomic mass is 9.81. The van der Waals surface area contributed by atoms with E-state index in [1.165, 1.54) is 0 Å². The fourth-order valence-corrected chi connectivity index (χ4v) is 3.39. The molecule has 0 heterocycles. The number of anilines is 1. The van der Waals surface area contributed by atoms with Crippen LogP contribution in [0.1, 0.15) is 32.1 Å². The Morgan fingerprint density at radius 2 is 1.86 bits per heavy atom. The molecule has 10 heteroatoms. The quantitative estimate of drug-likeness (QED) is 0.284. The van der Waals surface area contributed by atoms with Gasteiger partial charge in [-0.15, -0.1) is 0 Å². The van der Waals surface area contributed by atoms with E-state index in [-0.39, 0.29) is 30.8 Å². The number of carbonyl (C=O) groups excluding carboxylic acids is 2. The monoisotopic (exact) mass is 402 g/mol. The molecule has 0 aliphatic heterocycles. The molecule has 0 aromatic heterocycles. The van der Waals surface area contributed by atoms with Gasteiger partial charge in [0, 0.05) is 35.6 Å². The van der Waals surface area contributed by atoms with Crippen molar-refractivity contribution < 1.29 is 19.5 Å². The lowest BCUT2D eigenvalue weighted by molar-refractivity contribution is -0.137. The van der Waals surface area contributed by atoms with Crippen molar-refractivity contribution in [3.63, 3.8) is 0 Å². The van der Waals surface area contributed by atoms with Crippen molar-refractivity contribution in [3.8, 4) is 0 Å². The number of nitrogens with zero attached hydrogens (tertiary/aromatic N) is 3. The molecular weight excluding hydrogens is 376 g/mol. The molecule has 0 radical (unpaired) electrons. The molecule has 156 valence electrons. The maximum atomic E-state index is 12.4. The minimum atomic E-state index is -1.06. The van der Waals surface area contributed by atoms with Crippen molar-refractivity contribution in [2.75, 3.05) is 18.4 Å². The summed E-state index contributed by atoms with van der Waals surface area (Å²) in [4.78, 5) is 37.9.